The zero-order valence-corrected chi connectivity index (χ0v) is 10.2. The van der Waals surface area contributed by atoms with Gasteiger partial charge < -0.3 is 15.2 Å². The second kappa shape index (κ2) is 4.73. The van der Waals surface area contributed by atoms with Gasteiger partial charge in [-0.25, -0.2) is 0 Å². The lowest BCUT2D eigenvalue weighted by Gasteiger charge is -2.18. The van der Waals surface area contributed by atoms with E-state index in [9.17, 15) is 0 Å². The highest BCUT2D eigenvalue weighted by Gasteiger charge is 2.19. The average molecular weight is 230 g/mol. The summed E-state index contributed by atoms with van der Waals surface area (Å²) in [5.41, 5.74) is 7.58. The van der Waals surface area contributed by atoms with Gasteiger partial charge in [0.2, 0.25) is 0 Å². The predicted molar refractivity (Wildman–Crippen MR) is 61.9 cm³/mol. The van der Waals surface area contributed by atoms with Crippen LogP contribution in [0.3, 0.4) is 0 Å². The van der Waals surface area contributed by atoms with Crippen molar-refractivity contribution in [3.63, 3.8) is 0 Å². The number of hydrogen-bond acceptors (Lipinski definition) is 3. The lowest BCUT2D eigenvalue weighted by molar-refractivity contribution is 0.350. The Balaban J connectivity index is 3.49. The Bertz CT molecular complexity index is 364. The van der Waals surface area contributed by atoms with Crippen molar-refractivity contribution in [3.05, 3.63) is 22.2 Å². The highest BCUT2D eigenvalue weighted by molar-refractivity contribution is 6.32. The van der Waals surface area contributed by atoms with E-state index in [4.69, 9.17) is 26.8 Å². The molecule has 1 aromatic carbocycles. The van der Waals surface area contributed by atoms with Gasteiger partial charge in [-0.2, -0.15) is 0 Å². The summed E-state index contributed by atoms with van der Waals surface area (Å²) < 4.78 is 10.5. The predicted octanol–water partition coefficient (Wildman–Crippen LogP) is 2.69. The van der Waals surface area contributed by atoms with E-state index in [-0.39, 0.29) is 6.04 Å². The molecule has 84 valence electrons. The second-order valence-electron chi connectivity index (χ2n) is 3.45. The van der Waals surface area contributed by atoms with Crippen molar-refractivity contribution >= 4 is 11.6 Å². The van der Waals surface area contributed by atoms with Gasteiger partial charge >= 0.3 is 0 Å². The number of aryl methyl sites for hydroxylation is 1. The fraction of sp³-hybridized carbons (Fsp3) is 0.455. The summed E-state index contributed by atoms with van der Waals surface area (Å²) in [5, 5.41) is 0.641. The maximum atomic E-state index is 6.19. The molecule has 0 saturated heterocycles. The molecule has 0 aromatic heterocycles. The Morgan fingerprint density at radius 2 is 1.93 bits per heavy atom. The highest BCUT2D eigenvalue weighted by Crippen LogP contribution is 2.40. The van der Waals surface area contributed by atoms with Crippen molar-refractivity contribution in [1.29, 1.82) is 0 Å². The topological polar surface area (TPSA) is 44.5 Å². The van der Waals surface area contributed by atoms with Crippen molar-refractivity contribution in [1.82, 2.24) is 0 Å². The molecule has 0 aliphatic heterocycles. The third-order valence-corrected chi connectivity index (χ3v) is 2.78. The molecule has 0 heterocycles. The van der Waals surface area contributed by atoms with Gasteiger partial charge in [0.15, 0.2) is 11.5 Å². The molecule has 1 aromatic rings. The summed E-state index contributed by atoms with van der Waals surface area (Å²) >= 11 is 6.19. The minimum absolute atomic E-state index is 0.193. The fourth-order valence-electron chi connectivity index (χ4n) is 1.54. The van der Waals surface area contributed by atoms with E-state index in [2.05, 4.69) is 0 Å². The maximum absolute atomic E-state index is 6.19. The second-order valence-corrected chi connectivity index (χ2v) is 3.82. The molecule has 0 aliphatic carbocycles. The normalized spacial score (nSPS) is 12.4. The monoisotopic (exact) mass is 229 g/mol. The van der Waals surface area contributed by atoms with Gasteiger partial charge in [-0.3, -0.25) is 0 Å². The smallest absolute Gasteiger partial charge is 0.166 e. The van der Waals surface area contributed by atoms with E-state index in [0.717, 1.165) is 11.1 Å². The lowest BCUT2D eigenvalue weighted by Crippen LogP contribution is -2.09. The molecule has 0 radical (unpaired) electrons. The largest absolute Gasteiger partial charge is 0.493 e. The number of ether oxygens (including phenoxy) is 2. The molecule has 3 nitrogen and oxygen atoms in total. The van der Waals surface area contributed by atoms with Gasteiger partial charge in [-0.15, -0.1) is 0 Å². The van der Waals surface area contributed by atoms with E-state index in [1.165, 1.54) is 0 Å². The minimum atomic E-state index is -0.193. The molecule has 0 saturated carbocycles. The van der Waals surface area contributed by atoms with Crippen molar-refractivity contribution in [3.8, 4) is 11.5 Å². The van der Waals surface area contributed by atoms with E-state index in [1.54, 1.807) is 14.2 Å². The van der Waals surface area contributed by atoms with Crippen molar-refractivity contribution < 1.29 is 9.47 Å². The highest BCUT2D eigenvalue weighted by atomic mass is 35.5. The number of benzene rings is 1. The van der Waals surface area contributed by atoms with Crippen molar-refractivity contribution in [2.24, 2.45) is 5.73 Å². The van der Waals surface area contributed by atoms with Gasteiger partial charge in [0, 0.05) is 11.6 Å². The molecular formula is C11H16ClNO2. The molecular weight excluding hydrogens is 214 g/mol. The van der Waals surface area contributed by atoms with Crippen LogP contribution in [-0.4, -0.2) is 14.2 Å². The number of halogens is 1. The molecule has 0 fully saturated rings. The van der Waals surface area contributed by atoms with Crippen LogP contribution in [-0.2, 0) is 0 Å². The maximum Gasteiger partial charge on any atom is 0.166 e. The summed E-state index contributed by atoms with van der Waals surface area (Å²) in [6.45, 7) is 3.78. The summed E-state index contributed by atoms with van der Waals surface area (Å²) in [4.78, 5) is 0. The first-order valence-corrected chi connectivity index (χ1v) is 5.07. The molecule has 4 heteroatoms. The third kappa shape index (κ3) is 2.19. The van der Waals surface area contributed by atoms with E-state index >= 15 is 0 Å². The molecule has 0 aliphatic rings. The lowest BCUT2D eigenvalue weighted by atomic mass is 10.0. The summed E-state index contributed by atoms with van der Waals surface area (Å²) in [6.07, 6.45) is 0. The van der Waals surface area contributed by atoms with Crippen LogP contribution in [0.25, 0.3) is 0 Å². The molecule has 1 atom stereocenters. The standard InChI is InChI=1S/C11H16ClNO2/c1-6-5-8(14-3)11(15-4)9(7(2)13)10(6)12/h5,7H,13H2,1-4H3. The van der Waals surface area contributed by atoms with Crippen LogP contribution in [0.4, 0.5) is 0 Å². The molecule has 0 spiro atoms. The Hall–Kier alpha value is -0.930. The first-order valence-electron chi connectivity index (χ1n) is 4.69. The van der Waals surface area contributed by atoms with E-state index in [1.807, 2.05) is 19.9 Å². The molecule has 2 N–H and O–H groups in total. The zero-order chi connectivity index (χ0) is 11.6. The van der Waals surface area contributed by atoms with Crippen LogP contribution in [0.2, 0.25) is 5.02 Å². The van der Waals surface area contributed by atoms with E-state index < -0.39 is 0 Å². The summed E-state index contributed by atoms with van der Waals surface area (Å²) in [7, 11) is 3.17. The van der Waals surface area contributed by atoms with Crippen LogP contribution in [0.15, 0.2) is 6.07 Å². The Morgan fingerprint density at radius 3 is 2.33 bits per heavy atom. The van der Waals surface area contributed by atoms with Gasteiger partial charge in [-0.1, -0.05) is 11.6 Å². The first-order chi connectivity index (χ1) is 7.02. The minimum Gasteiger partial charge on any atom is -0.493 e. The van der Waals surface area contributed by atoms with Crippen LogP contribution in [0.5, 0.6) is 11.5 Å². The molecule has 1 rings (SSSR count). The van der Waals surface area contributed by atoms with Crippen LogP contribution < -0.4 is 15.2 Å². The molecule has 0 amide bonds. The van der Waals surface area contributed by atoms with Crippen LogP contribution in [0.1, 0.15) is 24.1 Å². The number of rotatable bonds is 3. The third-order valence-electron chi connectivity index (χ3n) is 2.28. The Labute approximate surface area is 95.1 Å². The molecule has 0 bridgehead atoms. The summed E-state index contributed by atoms with van der Waals surface area (Å²) in [5.74, 6) is 1.27. The van der Waals surface area contributed by atoms with Gasteiger partial charge in [0.05, 0.1) is 19.2 Å². The molecule has 1 unspecified atom stereocenters. The van der Waals surface area contributed by atoms with Gasteiger partial charge in [-0.05, 0) is 25.5 Å². The summed E-state index contributed by atoms with van der Waals surface area (Å²) in [6, 6.07) is 1.65. The van der Waals surface area contributed by atoms with Gasteiger partial charge in [0.1, 0.15) is 0 Å². The van der Waals surface area contributed by atoms with Crippen molar-refractivity contribution in [2.75, 3.05) is 14.2 Å². The first kappa shape index (κ1) is 12.1. The Kier molecular flexibility index (Phi) is 3.83. The van der Waals surface area contributed by atoms with Crippen LogP contribution >= 0.6 is 11.6 Å². The quantitative estimate of drug-likeness (QED) is 0.867. The Morgan fingerprint density at radius 1 is 1.33 bits per heavy atom. The van der Waals surface area contributed by atoms with Crippen LogP contribution in [0, 0.1) is 6.92 Å². The van der Waals surface area contributed by atoms with Crippen molar-refractivity contribution in [2.45, 2.75) is 19.9 Å². The molecule has 15 heavy (non-hydrogen) atoms. The number of nitrogens with two attached hydrogens (primary N) is 1. The fourth-order valence-corrected chi connectivity index (χ4v) is 1.85. The average Bonchev–Trinajstić information content (AvgIpc) is 2.20. The number of methoxy groups -OCH3 is 2. The number of hydrogen-bond donors (Lipinski definition) is 1. The SMILES string of the molecule is COc1cc(C)c(Cl)c(C(C)N)c1OC. The zero-order valence-electron chi connectivity index (χ0n) is 9.43. The van der Waals surface area contributed by atoms with Gasteiger partial charge in [0.25, 0.3) is 0 Å². The van der Waals surface area contributed by atoms with E-state index in [0.29, 0.717) is 16.5 Å².